The van der Waals surface area contributed by atoms with Crippen LogP contribution >= 0.6 is 0 Å². The Morgan fingerprint density at radius 3 is 2.58 bits per heavy atom. The van der Waals surface area contributed by atoms with Crippen LogP contribution in [0.4, 0.5) is 0 Å². The Morgan fingerprint density at radius 2 is 2.00 bits per heavy atom. The van der Waals surface area contributed by atoms with Crippen LogP contribution < -0.4 is 0 Å². The molecule has 1 aliphatic heterocycles. The van der Waals surface area contributed by atoms with E-state index in [0.29, 0.717) is 0 Å². The van der Waals surface area contributed by atoms with E-state index in [2.05, 4.69) is 18.9 Å². The van der Waals surface area contributed by atoms with Gasteiger partial charge in [-0.1, -0.05) is 20.3 Å². The molecule has 0 radical (unpaired) electrons. The summed E-state index contributed by atoms with van der Waals surface area (Å²) in [6, 6.07) is 0. The van der Waals surface area contributed by atoms with Crippen molar-refractivity contribution in [3.05, 3.63) is 0 Å². The zero-order chi connectivity index (χ0) is 8.81. The summed E-state index contributed by atoms with van der Waals surface area (Å²) in [6.45, 7) is 7.69. The fraction of sp³-hybridized carbons (Fsp3) is 1.00. The zero-order valence-corrected chi connectivity index (χ0v) is 8.38. The molecule has 2 nitrogen and oxygen atoms in total. The van der Waals surface area contributed by atoms with Gasteiger partial charge in [0.25, 0.3) is 0 Å². The zero-order valence-electron chi connectivity index (χ0n) is 8.38. The van der Waals surface area contributed by atoms with E-state index in [1.165, 1.54) is 25.7 Å². The van der Waals surface area contributed by atoms with Crippen LogP contribution in [0.2, 0.25) is 0 Å². The predicted molar refractivity (Wildman–Crippen MR) is 50.8 cm³/mol. The van der Waals surface area contributed by atoms with Crippen LogP contribution in [0.25, 0.3) is 0 Å². The summed E-state index contributed by atoms with van der Waals surface area (Å²) in [5.41, 5.74) is 0. The fourth-order valence-electron chi connectivity index (χ4n) is 1.45. The van der Waals surface area contributed by atoms with Crippen molar-refractivity contribution in [1.82, 2.24) is 5.06 Å². The average Bonchev–Trinajstić information content (AvgIpc) is 2.09. The smallest absolute Gasteiger partial charge is 0.0685 e. The van der Waals surface area contributed by atoms with Crippen molar-refractivity contribution in [3.63, 3.8) is 0 Å². The van der Waals surface area contributed by atoms with Gasteiger partial charge in [-0.3, -0.25) is 4.84 Å². The molecule has 0 aliphatic carbocycles. The summed E-state index contributed by atoms with van der Waals surface area (Å²) >= 11 is 0. The maximum atomic E-state index is 5.60. The highest BCUT2D eigenvalue weighted by Crippen LogP contribution is 2.15. The quantitative estimate of drug-likeness (QED) is 0.602. The Morgan fingerprint density at radius 1 is 1.33 bits per heavy atom. The first-order valence-electron chi connectivity index (χ1n) is 5.20. The van der Waals surface area contributed by atoms with Gasteiger partial charge in [-0.2, -0.15) is 5.06 Å². The second-order valence-electron chi connectivity index (χ2n) is 3.80. The molecule has 0 bridgehead atoms. The molecule has 0 spiro atoms. The van der Waals surface area contributed by atoms with Gasteiger partial charge in [0.05, 0.1) is 6.61 Å². The highest BCUT2D eigenvalue weighted by molar-refractivity contribution is 4.63. The molecule has 72 valence electrons. The van der Waals surface area contributed by atoms with Crippen molar-refractivity contribution in [3.8, 4) is 0 Å². The molecule has 2 heteroatoms. The molecule has 0 unspecified atom stereocenters. The van der Waals surface area contributed by atoms with Crippen molar-refractivity contribution >= 4 is 0 Å². The first kappa shape index (κ1) is 10.0. The number of unbranched alkanes of at least 4 members (excludes halogenated alkanes) is 1. The van der Waals surface area contributed by atoms with Gasteiger partial charge in [0.1, 0.15) is 0 Å². The minimum atomic E-state index is 0.899. The standard InChI is InChI=1S/C10H21NO/c1-3-4-9-12-11-7-5-10(2)6-8-11/h10H,3-9H2,1-2H3. The largest absolute Gasteiger partial charge is 0.299 e. The van der Waals surface area contributed by atoms with Crippen LogP contribution in [0.15, 0.2) is 0 Å². The van der Waals surface area contributed by atoms with Gasteiger partial charge in [-0.05, 0) is 25.2 Å². The number of hydroxylamine groups is 2. The van der Waals surface area contributed by atoms with E-state index in [1.807, 2.05) is 0 Å². The maximum Gasteiger partial charge on any atom is 0.0685 e. The van der Waals surface area contributed by atoms with Gasteiger partial charge in [0.15, 0.2) is 0 Å². The lowest BCUT2D eigenvalue weighted by atomic mass is 10.0. The third-order valence-corrected chi connectivity index (χ3v) is 2.51. The molecule has 0 saturated carbocycles. The van der Waals surface area contributed by atoms with Gasteiger partial charge in [0, 0.05) is 13.1 Å². The molecule has 0 aromatic heterocycles. The van der Waals surface area contributed by atoms with Gasteiger partial charge in [-0.15, -0.1) is 0 Å². The molecule has 12 heavy (non-hydrogen) atoms. The molecule has 0 N–H and O–H groups in total. The molecule has 1 heterocycles. The van der Waals surface area contributed by atoms with Crippen molar-refractivity contribution < 1.29 is 4.84 Å². The van der Waals surface area contributed by atoms with Gasteiger partial charge >= 0.3 is 0 Å². The van der Waals surface area contributed by atoms with Gasteiger partial charge in [-0.25, -0.2) is 0 Å². The highest BCUT2D eigenvalue weighted by Gasteiger charge is 2.15. The molecule has 0 aromatic carbocycles. The molecule has 1 rings (SSSR count). The summed E-state index contributed by atoms with van der Waals surface area (Å²) in [4.78, 5) is 5.60. The molecular weight excluding hydrogens is 150 g/mol. The van der Waals surface area contributed by atoms with Crippen molar-refractivity contribution in [2.24, 2.45) is 5.92 Å². The van der Waals surface area contributed by atoms with Gasteiger partial charge in [0.2, 0.25) is 0 Å². The Bertz CT molecular complexity index is 108. The van der Waals surface area contributed by atoms with Crippen LogP contribution in [-0.2, 0) is 4.84 Å². The lowest BCUT2D eigenvalue weighted by Crippen LogP contribution is -2.33. The van der Waals surface area contributed by atoms with Crippen molar-refractivity contribution in [1.29, 1.82) is 0 Å². The van der Waals surface area contributed by atoms with E-state index in [9.17, 15) is 0 Å². The van der Waals surface area contributed by atoms with Crippen LogP contribution in [0.3, 0.4) is 0 Å². The van der Waals surface area contributed by atoms with E-state index in [1.54, 1.807) is 0 Å². The molecule has 1 saturated heterocycles. The Kier molecular flexibility index (Phi) is 4.62. The van der Waals surface area contributed by atoms with Crippen molar-refractivity contribution in [2.75, 3.05) is 19.7 Å². The maximum absolute atomic E-state index is 5.60. The third kappa shape index (κ3) is 3.55. The van der Waals surface area contributed by atoms with E-state index < -0.39 is 0 Å². The van der Waals surface area contributed by atoms with Crippen LogP contribution in [0, 0.1) is 5.92 Å². The second-order valence-corrected chi connectivity index (χ2v) is 3.80. The fourth-order valence-corrected chi connectivity index (χ4v) is 1.45. The molecule has 1 fully saturated rings. The Balaban J connectivity index is 2.01. The van der Waals surface area contributed by atoms with Crippen LogP contribution in [0.1, 0.15) is 39.5 Å². The van der Waals surface area contributed by atoms with E-state index in [0.717, 1.165) is 25.6 Å². The average molecular weight is 171 g/mol. The summed E-state index contributed by atoms with van der Waals surface area (Å²) in [6.07, 6.45) is 5.01. The van der Waals surface area contributed by atoms with E-state index in [4.69, 9.17) is 4.84 Å². The molecule has 0 amide bonds. The minimum Gasteiger partial charge on any atom is -0.299 e. The first-order valence-corrected chi connectivity index (χ1v) is 5.20. The van der Waals surface area contributed by atoms with E-state index in [-0.39, 0.29) is 0 Å². The second kappa shape index (κ2) is 5.55. The number of nitrogens with zero attached hydrogens (tertiary/aromatic N) is 1. The summed E-state index contributed by atoms with van der Waals surface area (Å²) in [5, 5.41) is 2.13. The summed E-state index contributed by atoms with van der Waals surface area (Å²) < 4.78 is 0. The number of hydrogen-bond donors (Lipinski definition) is 0. The number of rotatable bonds is 4. The summed E-state index contributed by atoms with van der Waals surface area (Å²) in [5.74, 6) is 0.899. The molecular formula is C10H21NO. The summed E-state index contributed by atoms with van der Waals surface area (Å²) in [7, 11) is 0. The van der Waals surface area contributed by atoms with Gasteiger partial charge < -0.3 is 0 Å². The van der Waals surface area contributed by atoms with Crippen LogP contribution in [0.5, 0.6) is 0 Å². The van der Waals surface area contributed by atoms with Crippen molar-refractivity contribution in [2.45, 2.75) is 39.5 Å². The number of hydrogen-bond acceptors (Lipinski definition) is 2. The van der Waals surface area contributed by atoms with Crippen LogP contribution in [-0.4, -0.2) is 24.8 Å². The molecule has 1 aliphatic rings. The third-order valence-electron chi connectivity index (χ3n) is 2.51. The lowest BCUT2D eigenvalue weighted by Gasteiger charge is -2.29. The Labute approximate surface area is 75.8 Å². The SMILES string of the molecule is CCCCON1CCC(C)CC1. The minimum absolute atomic E-state index is 0.899. The number of piperidine rings is 1. The first-order chi connectivity index (χ1) is 5.83. The molecule has 0 aromatic rings. The van der Waals surface area contributed by atoms with E-state index >= 15 is 0 Å². The Hall–Kier alpha value is -0.0800. The highest BCUT2D eigenvalue weighted by atomic mass is 16.7. The normalized spacial score (nSPS) is 21.5. The topological polar surface area (TPSA) is 12.5 Å². The molecule has 0 atom stereocenters. The lowest BCUT2D eigenvalue weighted by molar-refractivity contribution is -0.173. The predicted octanol–water partition coefficient (Wildman–Crippen LogP) is 2.45. The monoisotopic (exact) mass is 171 g/mol.